The third-order valence-corrected chi connectivity index (χ3v) is 6.27. The average Bonchev–Trinajstić information content (AvgIpc) is 3.44. The molecule has 0 bridgehead atoms. The highest BCUT2D eigenvalue weighted by atomic mass is 32.1. The minimum atomic E-state index is -0.0797. The fraction of sp³-hybridized carbons (Fsp3) is 0.192. The van der Waals surface area contributed by atoms with E-state index < -0.39 is 0 Å². The first kappa shape index (κ1) is 20.4. The van der Waals surface area contributed by atoms with Crippen molar-refractivity contribution in [3.63, 3.8) is 0 Å². The summed E-state index contributed by atoms with van der Waals surface area (Å²) in [6.07, 6.45) is 7.55. The first-order valence-electron chi connectivity index (χ1n) is 10.8. The molecule has 2 atom stereocenters. The number of thiocarbonyl (C=S) groups is 1. The van der Waals surface area contributed by atoms with E-state index in [1.807, 2.05) is 42.9 Å². The van der Waals surface area contributed by atoms with Crippen LogP contribution in [0.1, 0.15) is 48.8 Å². The van der Waals surface area contributed by atoms with E-state index in [-0.39, 0.29) is 12.1 Å². The summed E-state index contributed by atoms with van der Waals surface area (Å²) in [6.45, 7) is 4.41. The van der Waals surface area contributed by atoms with Crippen LogP contribution in [-0.2, 0) is 0 Å². The Morgan fingerprint density at radius 1 is 0.875 bits per heavy atom. The zero-order valence-electron chi connectivity index (χ0n) is 18.1. The predicted molar refractivity (Wildman–Crippen MR) is 132 cm³/mol. The molecule has 1 aromatic carbocycles. The van der Waals surface area contributed by atoms with Gasteiger partial charge in [-0.2, -0.15) is 0 Å². The van der Waals surface area contributed by atoms with Crippen LogP contribution in [0.4, 0.5) is 5.69 Å². The first-order chi connectivity index (χ1) is 15.6. The summed E-state index contributed by atoms with van der Waals surface area (Å²) in [5.41, 5.74) is 5.53. The monoisotopic (exact) mass is 439 g/mol. The molecular weight excluding hydrogens is 414 g/mol. The van der Waals surface area contributed by atoms with Gasteiger partial charge < -0.3 is 14.8 Å². The van der Waals surface area contributed by atoms with Crippen molar-refractivity contribution in [3.8, 4) is 5.69 Å². The van der Waals surface area contributed by atoms with Crippen molar-refractivity contribution in [2.75, 3.05) is 4.90 Å². The summed E-state index contributed by atoms with van der Waals surface area (Å²) in [5.74, 6) is 0.480. The number of hydrogen-bond acceptors (Lipinski definition) is 3. The lowest BCUT2D eigenvalue weighted by atomic mass is 9.99. The molecule has 0 radical (unpaired) electrons. The molecule has 1 N–H and O–H groups in total. The number of hydrogen-bond donors (Lipinski definition) is 1. The molecule has 3 aromatic heterocycles. The Balaban J connectivity index is 1.64. The molecular formula is C26H25N5S. The van der Waals surface area contributed by atoms with Gasteiger partial charge in [0.15, 0.2) is 5.11 Å². The summed E-state index contributed by atoms with van der Waals surface area (Å²) in [6, 6.07) is 22.8. The summed E-state index contributed by atoms with van der Waals surface area (Å²) in [4.78, 5) is 11.0. The van der Waals surface area contributed by atoms with Crippen LogP contribution in [-0.4, -0.2) is 19.6 Å². The largest absolute Gasteiger partial charge is 0.351 e. The van der Waals surface area contributed by atoms with Gasteiger partial charge in [0.1, 0.15) is 6.04 Å². The van der Waals surface area contributed by atoms with Crippen LogP contribution in [0.2, 0.25) is 0 Å². The Morgan fingerprint density at radius 2 is 1.66 bits per heavy atom. The molecule has 4 heterocycles. The molecule has 5 rings (SSSR count). The number of pyridine rings is 2. The number of nitrogens with zero attached hydrogens (tertiary/aromatic N) is 4. The molecule has 1 saturated heterocycles. The van der Waals surface area contributed by atoms with Crippen molar-refractivity contribution in [1.82, 2.24) is 19.9 Å². The fourth-order valence-corrected chi connectivity index (χ4v) is 4.67. The van der Waals surface area contributed by atoms with E-state index in [0.29, 0.717) is 11.0 Å². The second-order valence-electron chi connectivity index (χ2n) is 8.25. The zero-order valence-corrected chi connectivity index (χ0v) is 18.9. The van der Waals surface area contributed by atoms with Crippen molar-refractivity contribution in [1.29, 1.82) is 0 Å². The summed E-state index contributed by atoms with van der Waals surface area (Å²) >= 11 is 5.86. The van der Waals surface area contributed by atoms with Crippen LogP contribution in [0, 0.1) is 0 Å². The zero-order chi connectivity index (χ0) is 22.1. The SMILES string of the molecule is CC(C)c1ccc(N2C(=S)N[C@H](c3ccccn3)[C@@H]2c2cccn2-c2ccncc2)cc1. The lowest BCUT2D eigenvalue weighted by molar-refractivity contribution is 0.549. The molecule has 32 heavy (non-hydrogen) atoms. The Kier molecular flexibility index (Phi) is 5.45. The first-order valence-corrected chi connectivity index (χ1v) is 11.2. The van der Waals surface area contributed by atoms with Gasteiger partial charge in [-0.1, -0.05) is 32.0 Å². The molecule has 1 fully saturated rings. The maximum absolute atomic E-state index is 5.86. The van der Waals surface area contributed by atoms with Crippen LogP contribution in [0.25, 0.3) is 5.69 Å². The highest BCUT2D eigenvalue weighted by Gasteiger charge is 2.42. The molecule has 4 aromatic rings. The lowest BCUT2D eigenvalue weighted by Gasteiger charge is -2.29. The van der Waals surface area contributed by atoms with Gasteiger partial charge in [0, 0.05) is 41.9 Å². The number of anilines is 1. The van der Waals surface area contributed by atoms with Crippen LogP contribution in [0.3, 0.4) is 0 Å². The van der Waals surface area contributed by atoms with Gasteiger partial charge in [0.05, 0.1) is 11.7 Å². The van der Waals surface area contributed by atoms with Crippen LogP contribution >= 0.6 is 12.2 Å². The third-order valence-electron chi connectivity index (χ3n) is 5.96. The standard InChI is InChI=1S/C26H25N5S/c1-18(2)19-8-10-21(11-9-19)31-25(24(29-26(31)32)22-6-3-4-14-28-22)23-7-5-17-30(23)20-12-15-27-16-13-20/h3-18,24-25H,1-2H3,(H,29,32)/t24-,25+/m1/s1. The summed E-state index contributed by atoms with van der Waals surface area (Å²) in [5, 5.41) is 4.24. The van der Waals surface area contributed by atoms with E-state index in [1.54, 1.807) is 0 Å². The lowest BCUT2D eigenvalue weighted by Crippen LogP contribution is -2.30. The predicted octanol–water partition coefficient (Wildman–Crippen LogP) is 5.57. The Morgan fingerprint density at radius 3 is 2.34 bits per heavy atom. The fourth-order valence-electron chi connectivity index (χ4n) is 4.33. The average molecular weight is 440 g/mol. The molecule has 1 aliphatic heterocycles. The molecule has 6 heteroatoms. The van der Waals surface area contributed by atoms with E-state index in [0.717, 1.165) is 22.8 Å². The van der Waals surface area contributed by atoms with Gasteiger partial charge in [-0.3, -0.25) is 9.97 Å². The molecule has 0 unspecified atom stereocenters. The van der Waals surface area contributed by atoms with Crippen molar-refractivity contribution < 1.29 is 0 Å². The molecule has 0 spiro atoms. The third kappa shape index (κ3) is 3.67. The van der Waals surface area contributed by atoms with E-state index in [4.69, 9.17) is 12.2 Å². The molecule has 160 valence electrons. The minimum Gasteiger partial charge on any atom is -0.351 e. The number of aromatic nitrogens is 3. The van der Waals surface area contributed by atoms with Crippen molar-refractivity contribution >= 4 is 23.0 Å². The van der Waals surface area contributed by atoms with Crippen molar-refractivity contribution in [2.45, 2.75) is 31.8 Å². The van der Waals surface area contributed by atoms with Gasteiger partial charge in [-0.05, 0) is 72.2 Å². The molecule has 5 nitrogen and oxygen atoms in total. The highest BCUT2D eigenvalue weighted by Crippen LogP contribution is 2.42. The molecule has 1 aliphatic rings. The maximum Gasteiger partial charge on any atom is 0.174 e. The number of rotatable bonds is 5. The Bertz CT molecular complexity index is 1200. The molecule has 0 amide bonds. The maximum atomic E-state index is 5.86. The van der Waals surface area contributed by atoms with Crippen LogP contribution in [0.15, 0.2) is 91.5 Å². The number of nitrogens with one attached hydrogen (secondary N) is 1. The number of benzene rings is 1. The normalized spacial score (nSPS) is 18.2. The Hall–Kier alpha value is -3.51. The molecule has 0 saturated carbocycles. The second kappa shape index (κ2) is 8.55. The smallest absolute Gasteiger partial charge is 0.174 e. The van der Waals surface area contributed by atoms with Crippen LogP contribution in [0.5, 0.6) is 0 Å². The van der Waals surface area contributed by atoms with Gasteiger partial charge in [-0.15, -0.1) is 0 Å². The van der Waals surface area contributed by atoms with E-state index >= 15 is 0 Å². The molecule has 0 aliphatic carbocycles. The second-order valence-corrected chi connectivity index (χ2v) is 8.64. The van der Waals surface area contributed by atoms with Crippen LogP contribution < -0.4 is 10.2 Å². The van der Waals surface area contributed by atoms with Gasteiger partial charge >= 0.3 is 0 Å². The van der Waals surface area contributed by atoms with E-state index in [9.17, 15) is 0 Å². The van der Waals surface area contributed by atoms with Crippen molar-refractivity contribution in [3.05, 3.63) is 108 Å². The summed E-state index contributed by atoms with van der Waals surface area (Å²) < 4.78 is 2.20. The minimum absolute atomic E-state index is 0.0644. The van der Waals surface area contributed by atoms with Gasteiger partial charge in [-0.25, -0.2) is 0 Å². The quantitative estimate of drug-likeness (QED) is 0.412. The Labute approximate surface area is 193 Å². The highest BCUT2D eigenvalue weighted by molar-refractivity contribution is 7.80. The summed E-state index contributed by atoms with van der Waals surface area (Å²) in [7, 11) is 0. The van der Waals surface area contributed by atoms with E-state index in [1.165, 1.54) is 5.56 Å². The van der Waals surface area contributed by atoms with Crippen molar-refractivity contribution in [2.24, 2.45) is 0 Å². The van der Waals surface area contributed by atoms with Gasteiger partial charge in [0.2, 0.25) is 0 Å². The van der Waals surface area contributed by atoms with Gasteiger partial charge in [0.25, 0.3) is 0 Å². The topological polar surface area (TPSA) is 46.0 Å². The van der Waals surface area contributed by atoms with E-state index in [2.05, 4.69) is 87.3 Å².